The number of nitrogens with one attached hydrogen (secondary N) is 2. The van der Waals surface area contributed by atoms with Gasteiger partial charge in [-0.05, 0) is 25.0 Å². The third kappa shape index (κ3) is 4.62. The lowest BCUT2D eigenvalue weighted by Crippen LogP contribution is -2.40. The van der Waals surface area contributed by atoms with Gasteiger partial charge >= 0.3 is 0 Å². The summed E-state index contributed by atoms with van der Waals surface area (Å²) in [7, 11) is 0. The van der Waals surface area contributed by atoms with Gasteiger partial charge in [0.1, 0.15) is 0 Å². The minimum atomic E-state index is -0.336. The maximum atomic E-state index is 12.3. The number of para-hydroxylation sites is 1. The number of carbonyl (C=O) groups is 3. The average molecular weight is 357 g/mol. The van der Waals surface area contributed by atoms with Crippen molar-refractivity contribution >= 4 is 23.4 Å². The summed E-state index contributed by atoms with van der Waals surface area (Å²) in [6.45, 7) is 1.24. The van der Waals surface area contributed by atoms with E-state index in [0.29, 0.717) is 19.6 Å². The summed E-state index contributed by atoms with van der Waals surface area (Å²) in [5.74, 6) is -0.251. The largest absolute Gasteiger partial charge is 0.354 e. The van der Waals surface area contributed by atoms with Crippen LogP contribution in [0.2, 0.25) is 0 Å². The van der Waals surface area contributed by atoms with Crippen molar-refractivity contribution in [2.24, 2.45) is 11.8 Å². The standard InChI is InChI=1S/C20H27N3O3/c24-18-13-16(14-23(18)17-9-5-2-6-10-17)20(26)22-12-11-21-19(25)15-7-3-1-4-8-15/h2,5-6,9-10,15-16H,1,3-4,7-8,11-14H2,(H,21,25)(H,22,26)/t16-/m1/s1. The number of anilines is 1. The molecule has 1 aromatic rings. The molecule has 0 spiro atoms. The summed E-state index contributed by atoms with van der Waals surface area (Å²) >= 11 is 0. The highest BCUT2D eigenvalue weighted by molar-refractivity contribution is 6.00. The Labute approximate surface area is 154 Å². The van der Waals surface area contributed by atoms with Crippen LogP contribution in [0.1, 0.15) is 38.5 Å². The molecule has 1 aliphatic carbocycles. The Morgan fingerprint density at radius 3 is 2.19 bits per heavy atom. The van der Waals surface area contributed by atoms with Crippen molar-refractivity contribution in [3.63, 3.8) is 0 Å². The van der Waals surface area contributed by atoms with Crippen molar-refractivity contribution in [2.45, 2.75) is 38.5 Å². The monoisotopic (exact) mass is 357 g/mol. The highest BCUT2D eigenvalue weighted by Crippen LogP contribution is 2.25. The number of rotatable bonds is 6. The number of hydrogen-bond acceptors (Lipinski definition) is 3. The number of amides is 3. The van der Waals surface area contributed by atoms with Crippen molar-refractivity contribution in [1.29, 1.82) is 0 Å². The van der Waals surface area contributed by atoms with Crippen molar-refractivity contribution < 1.29 is 14.4 Å². The van der Waals surface area contributed by atoms with Crippen LogP contribution in [0.5, 0.6) is 0 Å². The maximum Gasteiger partial charge on any atom is 0.227 e. The van der Waals surface area contributed by atoms with Gasteiger partial charge in [0.25, 0.3) is 0 Å². The van der Waals surface area contributed by atoms with Crippen LogP contribution in [-0.2, 0) is 14.4 Å². The zero-order chi connectivity index (χ0) is 18.4. The van der Waals surface area contributed by atoms with Gasteiger partial charge in [0.05, 0.1) is 5.92 Å². The van der Waals surface area contributed by atoms with Crippen LogP contribution in [0.25, 0.3) is 0 Å². The Morgan fingerprint density at radius 2 is 1.54 bits per heavy atom. The summed E-state index contributed by atoms with van der Waals surface area (Å²) in [5.41, 5.74) is 0.826. The molecule has 2 fully saturated rings. The molecule has 1 saturated heterocycles. The molecule has 3 rings (SSSR count). The smallest absolute Gasteiger partial charge is 0.227 e. The molecule has 0 aromatic heterocycles. The summed E-state index contributed by atoms with van der Waals surface area (Å²) in [6, 6.07) is 9.41. The lowest BCUT2D eigenvalue weighted by molar-refractivity contribution is -0.127. The number of nitrogens with zero attached hydrogens (tertiary/aromatic N) is 1. The summed E-state index contributed by atoms with van der Waals surface area (Å²) < 4.78 is 0. The fraction of sp³-hybridized carbons (Fsp3) is 0.550. The molecule has 6 nitrogen and oxygen atoms in total. The molecule has 26 heavy (non-hydrogen) atoms. The van der Waals surface area contributed by atoms with Crippen LogP contribution >= 0.6 is 0 Å². The average Bonchev–Trinajstić information content (AvgIpc) is 3.08. The van der Waals surface area contributed by atoms with Crippen LogP contribution in [0, 0.1) is 11.8 Å². The van der Waals surface area contributed by atoms with Gasteiger partial charge in [-0.25, -0.2) is 0 Å². The van der Waals surface area contributed by atoms with Crippen molar-refractivity contribution in [3.05, 3.63) is 30.3 Å². The van der Waals surface area contributed by atoms with Crippen LogP contribution < -0.4 is 15.5 Å². The minimum absolute atomic E-state index is 0.0260. The van der Waals surface area contributed by atoms with Gasteiger partial charge in [-0.3, -0.25) is 14.4 Å². The SMILES string of the molecule is O=C(NCCNC(=O)[C@@H]1CC(=O)N(c2ccccc2)C1)C1CCCCC1. The number of carbonyl (C=O) groups excluding carboxylic acids is 3. The van der Waals surface area contributed by atoms with Crippen molar-refractivity contribution in [3.8, 4) is 0 Å². The predicted octanol–water partition coefficient (Wildman–Crippen LogP) is 1.85. The first-order valence-corrected chi connectivity index (χ1v) is 9.56. The Bertz CT molecular complexity index is 641. The lowest BCUT2D eigenvalue weighted by Gasteiger charge is -2.20. The summed E-state index contributed by atoms with van der Waals surface area (Å²) in [5, 5.41) is 5.75. The van der Waals surface area contributed by atoms with Gasteiger partial charge in [0.15, 0.2) is 0 Å². The zero-order valence-corrected chi connectivity index (χ0v) is 15.1. The van der Waals surface area contributed by atoms with E-state index in [-0.39, 0.29) is 36.0 Å². The van der Waals surface area contributed by atoms with E-state index in [9.17, 15) is 14.4 Å². The Kier molecular flexibility index (Phi) is 6.26. The van der Waals surface area contributed by atoms with E-state index in [1.165, 1.54) is 6.42 Å². The van der Waals surface area contributed by atoms with E-state index in [2.05, 4.69) is 10.6 Å². The second kappa shape index (κ2) is 8.83. The minimum Gasteiger partial charge on any atom is -0.354 e. The van der Waals surface area contributed by atoms with E-state index >= 15 is 0 Å². The molecule has 0 bridgehead atoms. The summed E-state index contributed by atoms with van der Waals surface area (Å²) in [6.07, 6.45) is 5.65. The second-order valence-corrected chi connectivity index (χ2v) is 7.16. The molecule has 2 N–H and O–H groups in total. The van der Waals surface area contributed by atoms with E-state index < -0.39 is 0 Å². The van der Waals surface area contributed by atoms with Crippen molar-refractivity contribution in [2.75, 3.05) is 24.5 Å². The number of hydrogen-bond donors (Lipinski definition) is 2. The second-order valence-electron chi connectivity index (χ2n) is 7.16. The van der Waals surface area contributed by atoms with Gasteiger partial charge in [-0.15, -0.1) is 0 Å². The maximum absolute atomic E-state index is 12.3. The van der Waals surface area contributed by atoms with E-state index in [0.717, 1.165) is 31.4 Å². The fourth-order valence-corrected chi connectivity index (χ4v) is 3.77. The normalized spacial score (nSPS) is 20.8. The van der Waals surface area contributed by atoms with Gasteiger partial charge < -0.3 is 15.5 Å². The van der Waals surface area contributed by atoms with Gasteiger partial charge in [0.2, 0.25) is 17.7 Å². The topological polar surface area (TPSA) is 78.5 Å². The Balaban J connectivity index is 1.39. The zero-order valence-electron chi connectivity index (χ0n) is 15.1. The van der Waals surface area contributed by atoms with Crippen LogP contribution in [0.4, 0.5) is 5.69 Å². The predicted molar refractivity (Wildman–Crippen MR) is 99.5 cm³/mol. The Morgan fingerprint density at radius 1 is 0.923 bits per heavy atom. The first-order chi connectivity index (χ1) is 12.6. The molecule has 1 atom stereocenters. The molecule has 0 radical (unpaired) electrons. The molecule has 0 unspecified atom stereocenters. The first kappa shape index (κ1) is 18.4. The van der Waals surface area contributed by atoms with E-state index in [1.807, 2.05) is 30.3 Å². The van der Waals surface area contributed by atoms with Crippen LogP contribution in [0.15, 0.2) is 30.3 Å². The molecule has 1 saturated carbocycles. The van der Waals surface area contributed by atoms with Crippen LogP contribution in [0.3, 0.4) is 0 Å². The molecule has 140 valence electrons. The molecule has 1 aromatic carbocycles. The number of benzene rings is 1. The van der Waals surface area contributed by atoms with Crippen LogP contribution in [-0.4, -0.2) is 37.4 Å². The molecule has 3 amide bonds. The molecule has 6 heteroatoms. The molecule has 2 aliphatic rings. The van der Waals surface area contributed by atoms with Gasteiger partial charge in [-0.2, -0.15) is 0 Å². The molecular weight excluding hydrogens is 330 g/mol. The highest BCUT2D eigenvalue weighted by Gasteiger charge is 2.34. The molecular formula is C20H27N3O3. The molecule has 1 aliphatic heterocycles. The van der Waals surface area contributed by atoms with E-state index in [1.54, 1.807) is 4.90 Å². The summed E-state index contributed by atoms with van der Waals surface area (Å²) in [4.78, 5) is 38.2. The van der Waals surface area contributed by atoms with Gasteiger partial charge in [0, 0.05) is 37.7 Å². The molecule has 1 heterocycles. The first-order valence-electron chi connectivity index (χ1n) is 9.56. The fourth-order valence-electron chi connectivity index (χ4n) is 3.77. The van der Waals surface area contributed by atoms with E-state index in [4.69, 9.17) is 0 Å². The third-order valence-corrected chi connectivity index (χ3v) is 5.26. The highest BCUT2D eigenvalue weighted by atomic mass is 16.2. The van der Waals surface area contributed by atoms with Gasteiger partial charge in [-0.1, -0.05) is 37.5 Å². The quantitative estimate of drug-likeness (QED) is 0.763. The Hall–Kier alpha value is -2.37. The third-order valence-electron chi connectivity index (χ3n) is 5.26. The van der Waals surface area contributed by atoms with Crippen molar-refractivity contribution in [1.82, 2.24) is 10.6 Å². The lowest BCUT2D eigenvalue weighted by atomic mass is 9.89.